The maximum Gasteiger partial charge on any atom is 0.190 e. The molecule has 5 rings (SSSR count). The Morgan fingerprint density at radius 3 is 1.77 bits per heavy atom. The minimum absolute atomic E-state index is 0.0367. The molecule has 14 heteroatoms. The SMILES string of the molecule is COOSc1ccc(C(=N)N)cc1C.Cc1cc(C(=N)N)ccc1CON.Cc1cc2ccnc(N)c2cc1C.[C-]#[N+]c1ccc(C(=N)N)cc1C. The normalized spacial score (nSPS) is 9.96. The molecule has 0 saturated heterocycles. The number of nitrogen functional groups attached to an aromatic ring is 4. The zero-order valence-corrected chi connectivity index (χ0v) is 30.9. The molecule has 0 amide bonds. The first-order chi connectivity index (χ1) is 24.6. The predicted molar refractivity (Wildman–Crippen MR) is 211 cm³/mol. The Morgan fingerprint density at radius 2 is 1.27 bits per heavy atom. The van der Waals surface area contributed by atoms with Crippen LogP contribution in [0.4, 0.5) is 11.5 Å². The largest absolute Gasteiger partial charge is 0.384 e. The lowest BCUT2D eigenvalue weighted by Crippen LogP contribution is -2.11. The summed E-state index contributed by atoms with van der Waals surface area (Å²) in [6.07, 6.45) is 1.74. The van der Waals surface area contributed by atoms with Crippen LogP contribution in [0.15, 0.2) is 83.9 Å². The van der Waals surface area contributed by atoms with Crippen molar-refractivity contribution in [3.63, 3.8) is 0 Å². The van der Waals surface area contributed by atoms with Gasteiger partial charge in [0, 0.05) is 33.2 Å². The van der Waals surface area contributed by atoms with Crippen LogP contribution < -0.4 is 28.8 Å². The fraction of sp³-hybridized carbons (Fsp3) is 0.184. The van der Waals surface area contributed by atoms with Gasteiger partial charge in [0.1, 0.15) is 23.3 Å². The topological polar surface area (TPSA) is 247 Å². The van der Waals surface area contributed by atoms with Crippen molar-refractivity contribution in [3.8, 4) is 0 Å². The van der Waals surface area contributed by atoms with E-state index in [1.807, 2.05) is 51.1 Å². The highest BCUT2D eigenvalue weighted by Gasteiger charge is 2.05. The quantitative estimate of drug-likeness (QED) is 0.0208. The molecule has 4 aromatic carbocycles. The third-order valence-corrected chi connectivity index (χ3v) is 8.45. The second kappa shape index (κ2) is 20.8. The van der Waals surface area contributed by atoms with E-state index in [4.69, 9.17) is 56.0 Å². The number of hydrogen-bond donors (Lipinski definition) is 8. The third kappa shape index (κ3) is 12.8. The fourth-order valence-electron chi connectivity index (χ4n) is 4.51. The summed E-state index contributed by atoms with van der Waals surface area (Å²) < 4.78 is 4.73. The highest BCUT2D eigenvalue weighted by molar-refractivity contribution is 7.94. The monoisotopic (exact) mass is 722 g/mol. The number of amidine groups is 3. The second-order valence-corrected chi connectivity index (χ2v) is 12.2. The van der Waals surface area contributed by atoms with Crippen LogP contribution in [0, 0.1) is 57.4 Å². The van der Waals surface area contributed by atoms with E-state index in [-0.39, 0.29) is 17.5 Å². The van der Waals surface area contributed by atoms with Gasteiger partial charge in [-0.1, -0.05) is 42.5 Å². The maximum atomic E-state index is 7.26. The Balaban J connectivity index is 0.000000240. The average Bonchev–Trinajstić information content (AvgIpc) is 3.10. The highest BCUT2D eigenvalue weighted by atomic mass is 32.2. The minimum Gasteiger partial charge on any atom is -0.384 e. The molecule has 0 unspecified atom stereocenters. The van der Waals surface area contributed by atoms with Crippen molar-refractivity contribution in [2.45, 2.75) is 46.1 Å². The molecule has 52 heavy (non-hydrogen) atoms. The van der Waals surface area contributed by atoms with Crippen LogP contribution in [0.1, 0.15) is 50.1 Å². The number of benzene rings is 4. The third-order valence-electron chi connectivity index (χ3n) is 7.61. The Bertz CT molecular complexity index is 2080. The van der Waals surface area contributed by atoms with Gasteiger partial charge in [-0.05, 0) is 104 Å². The van der Waals surface area contributed by atoms with Crippen molar-refractivity contribution in [1.82, 2.24) is 4.98 Å². The molecule has 0 aliphatic heterocycles. The number of anilines is 1. The molecule has 0 aliphatic rings. The second-order valence-electron chi connectivity index (χ2n) is 11.5. The fourth-order valence-corrected chi connectivity index (χ4v) is 4.97. The average molecular weight is 723 g/mol. The van der Waals surface area contributed by atoms with Gasteiger partial charge < -0.3 is 22.9 Å². The molecular formula is C38H46N10O3S. The van der Waals surface area contributed by atoms with Crippen molar-refractivity contribution in [2.75, 3.05) is 12.8 Å². The molecule has 0 spiro atoms. The minimum atomic E-state index is 0.0367. The number of rotatable bonds is 8. The molecule has 0 atom stereocenters. The molecule has 272 valence electrons. The van der Waals surface area contributed by atoms with Crippen molar-refractivity contribution >= 4 is 51.8 Å². The summed E-state index contributed by atoms with van der Waals surface area (Å²) >= 11 is 1.13. The van der Waals surface area contributed by atoms with E-state index in [0.717, 1.165) is 55.5 Å². The summed E-state index contributed by atoms with van der Waals surface area (Å²) in [6, 6.07) is 22.3. The molecule has 0 bridgehead atoms. The van der Waals surface area contributed by atoms with Gasteiger partial charge in [-0.2, -0.15) is 4.33 Å². The van der Waals surface area contributed by atoms with E-state index in [0.29, 0.717) is 29.2 Å². The predicted octanol–water partition coefficient (Wildman–Crippen LogP) is 6.80. The first kappa shape index (κ1) is 42.3. The van der Waals surface area contributed by atoms with Crippen LogP contribution >= 0.6 is 12.0 Å². The number of nitrogens with one attached hydrogen (secondary N) is 3. The zero-order chi connectivity index (χ0) is 39.0. The zero-order valence-electron chi connectivity index (χ0n) is 30.1. The van der Waals surface area contributed by atoms with Crippen LogP contribution in [0.2, 0.25) is 0 Å². The van der Waals surface area contributed by atoms with E-state index in [1.54, 1.807) is 36.5 Å². The van der Waals surface area contributed by atoms with Gasteiger partial charge in [0.15, 0.2) is 5.69 Å². The molecule has 5 aromatic rings. The lowest BCUT2D eigenvalue weighted by Gasteiger charge is -2.05. The Labute approximate surface area is 308 Å². The maximum absolute atomic E-state index is 7.26. The summed E-state index contributed by atoms with van der Waals surface area (Å²) in [5.74, 6) is 5.75. The molecule has 0 fully saturated rings. The van der Waals surface area contributed by atoms with Crippen LogP contribution in [-0.2, 0) is 20.7 Å². The molecule has 0 saturated carbocycles. The number of fused-ring (bicyclic) bond motifs is 1. The smallest absolute Gasteiger partial charge is 0.190 e. The molecule has 13 N–H and O–H groups in total. The number of nitrogens with zero attached hydrogens (tertiary/aromatic N) is 2. The first-order valence-corrected chi connectivity index (χ1v) is 16.4. The van der Waals surface area contributed by atoms with E-state index in [2.05, 4.69) is 45.5 Å². The van der Waals surface area contributed by atoms with Crippen molar-refractivity contribution in [1.29, 1.82) is 16.2 Å². The molecule has 1 aromatic heterocycles. The van der Waals surface area contributed by atoms with E-state index in [9.17, 15) is 0 Å². The first-order valence-electron chi connectivity index (χ1n) is 15.6. The Morgan fingerprint density at radius 1 is 0.731 bits per heavy atom. The van der Waals surface area contributed by atoms with Gasteiger partial charge in [-0.15, -0.1) is 0 Å². The van der Waals surface area contributed by atoms with E-state index >= 15 is 0 Å². The van der Waals surface area contributed by atoms with Crippen molar-refractivity contribution in [2.24, 2.45) is 23.1 Å². The van der Waals surface area contributed by atoms with Crippen LogP contribution in [-0.4, -0.2) is 29.6 Å². The lowest BCUT2D eigenvalue weighted by atomic mass is 10.0. The van der Waals surface area contributed by atoms with Crippen LogP contribution in [0.3, 0.4) is 0 Å². The summed E-state index contributed by atoms with van der Waals surface area (Å²) in [7, 11) is 1.45. The van der Waals surface area contributed by atoms with Crippen molar-refractivity contribution in [3.05, 3.63) is 140 Å². The molecular weight excluding hydrogens is 677 g/mol. The van der Waals surface area contributed by atoms with Gasteiger partial charge in [0.05, 0.1) is 32.3 Å². The van der Waals surface area contributed by atoms with Gasteiger partial charge in [0.25, 0.3) is 0 Å². The van der Waals surface area contributed by atoms with Crippen LogP contribution in [0.25, 0.3) is 15.6 Å². The molecule has 0 aliphatic carbocycles. The number of nitrogens with two attached hydrogens (primary N) is 5. The Hall–Kier alpha value is -5.82. The van der Waals surface area contributed by atoms with E-state index in [1.165, 1.54) is 18.2 Å². The van der Waals surface area contributed by atoms with Crippen LogP contribution in [0.5, 0.6) is 0 Å². The van der Waals surface area contributed by atoms with Crippen molar-refractivity contribution < 1.29 is 14.1 Å². The van der Waals surface area contributed by atoms with Gasteiger partial charge in [-0.25, -0.2) is 20.6 Å². The number of pyridine rings is 1. The molecule has 0 radical (unpaired) electrons. The summed E-state index contributed by atoms with van der Waals surface area (Å²) in [5.41, 5.74) is 30.9. The highest BCUT2D eigenvalue weighted by Crippen LogP contribution is 2.24. The standard InChI is InChI=1S/C11H12N2.C9H13N3O.C9H9N3.C9H12N2O2S/c1-7-5-9-3-4-13-11(12)10(9)6-8(7)2;1-6-4-7(9(10)11)2-3-8(6)5-13-12;1-6-5-7(9(10)11)3-4-8(6)12-2;1-6-5-7(9(10)11)3-4-8(6)14-13-12-2/h3-6H,1-2H3,(H2,12,13);2-4H,5,12H2,1H3,(H3,10,11);3-5H,1H3,(H3,10,11);3-5H,1-2H3,(H3,10,11). The van der Waals surface area contributed by atoms with Gasteiger partial charge in [-0.3, -0.25) is 21.1 Å². The molecule has 13 nitrogen and oxygen atoms in total. The summed E-state index contributed by atoms with van der Waals surface area (Å²) in [6.45, 7) is 17.1. The number of aromatic nitrogens is 1. The number of aryl methyl sites for hydroxylation is 5. The number of hydrogen-bond acceptors (Lipinski definition) is 10. The van der Waals surface area contributed by atoms with Gasteiger partial charge in [0.2, 0.25) is 0 Å². The lowest BCUT2D eigenvalue weighted by molar-refractivity contribution is -0.160. The summed E-state index contributed by atoms with van der Waals surface area (Å²) in [4.78, 5) is 17.3. The van der Waals surface area contributed by atoms with E-state index < -0.39 is 0 Å². The Kier molecular flexibility index (Phi) is 16.9. The molecule has 1 heterocycles. The summed E-state index contributed by atoms with van der Waals surface area (Å²) in [5, 5.41) is 23.9. The van der Waals surface area contributed by atoms with Gasteiger partial charge >= 0.3 is 0 Å².